The van der Waals surface area contributed by atoms with Gasteiger partial charge in [0, 0.05) is 40.3 Å². The maximum absolute atomic E-state index is 14.2. The number of phenolic OH excluding ortho intramolecular Hbond substituents is 1. The van der Waals surface area contributed by atoms with Crippen molar-refractivity contribution in [3.8, 4) is 23.0 Å². The number of nitrogens with two attached hydrogens (primary N) is 5. The van der Waals surface area contributed by atoms with Gasteiger partial charge in [-0.25, -0.2) is 0 Å². The average molecular weight is 1170 g/mol. The Morgan fingerprint density at radius 3 is 1.38 bits per heavy atom. The van der Waals surface area contributed by atoms with Gasteiger partial charge in [0.25, 0.3) is 17.7 Å². The summed E-state index contributed by atoms with van der Waals surface area (Å²) >= 11 is 0. The topological polar surface area (TPSA) is 411 Å². The Labute approximate surface area is 491 Å². The van der Waals surface area contributed by atoms with E-state index >= 15 is 0 Å². The minimum atomic E-state index is -1.19. The lowest BCUT2D eigenvalue weighted by Gasteiger charge is -2.22. The normalized spacial score (nSPS) is 13.1. The number of hydrogen-bond donors (Lipinski definition) is 13. The number of unbranched alkanes of at least 4 members (excludes halogenated alkanes) is 2. The highest BCUT2D eigenvalue weighted by Crippen LogP contribution is 2.32. The monoisotopic (exact) mass is 1170 g/mol. The Kier molecular flexibility index (Phi) is 24.0. The summed E-state index contributed by atoms with van der Waals surface area (Å²) in [4.78, 5) is 114. The van der Waals surface area contributed by atoms with Crippen LogP contribution in [-0.4, -0.2) is 123 Å². The molecule has 6 rings (SSSR count). The zero-order chi connectivity index (χ0) is 61.7. The lowest BCUT2D eigenvalue weighted by molar-refractivity contribution is -0.119. The predicted molar refractivity (Wildman–Crippen MR) is 322 cm³/mol. The first-order valence-electron chi connectivity index (χ1n) is 27.6. The maximum Gasteiger partial charge on any atom is 0.255 e. The standard InChI is InChI=1S/C60H75N13O12/c1-33(74)53(65)40-29-35(18-22-50(40)83-2)67-60(82)47(16-11-27-63)73-56(78)42-31-37(20-24-52(42)85-4)69-59(81)46(15-8-10-26-62)72-55(77)41-30-36(19-23-51(41)84-3)68-58(80)45(14-7-9-25-61)71-54(76)39-28-34(17-21-49(39)75)66-57(79)43(64)32-48-38-12-5-6-13-44(38)70-48/h5-6,12-13,17-24,28-31,43,45-47,53,75H,7-11,14-16,25-27,32,61-65H2,1-4H3,(H,66,79)(H,67,82)(H,68,80)(H,69,81)(H,71,76)(H,72,77)(H,73,78). The first kappa shape index (κ1) is 64.9. The molecule has 452 valence electrons. The van der Waals surface area contributed by atoms with Crippen LogP contribution in [0.5, 0.6) is 23.0 Å². The zero-order valence-corrected chi connectivity index (χ0v) is 47.9. The number of ether oxygens (including phenoxy) is 3. The number of aromatic hydroxyl groups is 1. The molecule has 0 saturated heterocycles. The Morgan fingerprint density at radius 1 is 0.506 bits per heavy atom. The van der Waals surface area contributed by atoms with Gasteiger partial charge in [0.15, 0.2) is 5.78 Å². The Morgan fingerprint density at radius 2 is 0.918 bits per heavy atom. The number of aliphatic imine (C=N–C) groups is 1. The molecule has 1 aliphatic rings. The number of benzene rings is 5. The molecule has 25 nitrogen and oxygen atoms in total. The molecule has 5 aromatic rings. The molecule has 0 aromatic heterocycles. The number of rotatable bonds is 32. The van der Waals surface area contributed by atoms with Crippen LogP contribution >= 0.6 is 0 Å². The van der Waals surface area contributed by atoms with Crippen LogP contribution in [0.15, 0.2) is 102 Å². The van der Waals surface area contributed by atoms with E-state index in [2.05, 4.69) is 42.2 Å². The smallest absolute Gasteiger partial charge is 0.255 e. The highest BCUT2D eigenvalue weighted by atomic mass is 16.5. The van der Waals surface area contributed by atoms with Gasteiger partial charge >= 0.3 is 0 Å². The first-order valence-corrected chi connectivity index (χ1v) is 27.6. The third-order valence-electron chi connectivity index (χ3n) is 13.9. The van der Waals surface area contributed by atoms with Crippen molar-refractivity contribution in [2.45, 2.75) is 94.9 Å². The molecular formula is C60H75N13O12. The zero-order valence-electron chi connectivity index (χ0n) is 47.9. The molecule has 5 atom stereocenters. The number of nitrogens with one attached hydrogen (secondary N) is 7. The minimum Gasteiger partial charge on any atom is -0.507 e. The summed E-state index contributed by atoms with van der Waals surface area (Å²) in [7, 11) is 4.10. The largest absolute Gasteiger partial charge is 0.507 e. The van der Waals surface area contributed by atoms with Crippen LogP contribution < -0.4 is 80.1 Å². The highest BCUT2D eigenvalue weighted by Gasteiger charge is 2.30. The third-order valence-corrected chi connectivity index (χ3v) is 13.9. The van der Waals surface area contributed by atoms with E-state index in [1.807, 2.05) is 24.3 Å². The van der Waals surface area contributed by atoms with E-state index < -0.39 is 77.3 Å². The fourth-order valence-corrected chi connectivity index (χ4v) is 9.17. The molecule has 0 saturated carbocycles. The van der Waals surface area contributed by atoms with Crippen molar-refractivity contribution in [2.75, 3.05) is 62.2 Å². The first-order chi connectivity index (χ1) is 40.8. The molecule has 25 heteroatoms. The van der Waals surface area contributed by atoms with Gasteiger partial charge in [-0.15, -0.1) is 0 Å². The molecule has 0 spiro atoms. The number of hydrogen-bond acceptors (Lipinski definition) is 18. The molecule has 0 bridgehead atoms. The number of nitrogens with zero attached hydrogens (tertiary/aromatic N) is 1. The molecule has 0 aliphatic carbocycles. The van der Waals surface area contributed by atoms with Crippen molar-refractivity contribution < 1.29 is 57.7 Å². The minimum absolute atomic E-state index is 0.0457. The van der Waals surface area contributed by atoms with Crippen LogP contribution in [0.25, 0.3) is 0 Å². The summed E-state index contributed by atoms with van der Waals surface area (Å²) in [5.74, 6) is -5.03. The number of para-hydroxylation sites is 1. The third kappa shape index (κ3) is 17.6. The molecule has 85 heavy (non-hydrogen) atoms. The van der Waals surface area contributed by atoms with Crippen molar-refractivity contribution >= 4 is 81.3 Å². The van der Waals surface area contributed by atoms with Gasteiger partial charge in [0.1, 0.15) is 41.1 Å². The summed E-state index contributed by atoms with van der Waals surface area (Å²) in [5.41, 5.74) is 32.8. The van der Waals surface area contributed by atoms with Crippen LogP contribution in [0.2, 0.25) is 0 Å². The van der Waals surface area contributed by atoms with Crippen LogP contribution in [0, 0.1) is 0 Å². The SMILES string of the molecule is COc1ccc(NC(=O)C(CCCCN)NC(=O)c2cc(NC(=O)C(CCCCN)NC(=O)c3cc(NC(=O)C(N)CC4=Nc5ccccc54)ccc3O)ccc2OC)cc1C(=O)NC(CCCN)C(=O)Nc1ccc(OC)c(C(N)C(C)=O)c1. The van der Waals surface area contributed by atoms with Gasteiger partial charge in [-0.05, 0) is 157 Å². The molecule has 1 heterocycles. The molecule has 0 radical (unpaired) electrons. The molecule has 0 fully saturated rings. The quantitative estimate of drug-likeness (QED) is 0.0214. The van der Waals surface area contributed by atoms with Gasteiger partial charge in [-0.1, -0.05) is 18.2 Å². The number of phenols is 1. The second-order valence-electron chi connectivity index (χ2n) is 20.0. The van der Waals surface area contributed by atoms with Gasteiger partial charge in [-0.3, -0.25) is 43.3 Å². The lowest BCUT2D eigenvalue weighted by Crippen LogP contribution is -2.44. The fourth-order valence-electron chi connectivity index (χ4n) is 9.17. The van der Waals surface area contributed by atoms with E-state index in [1.165, 1.54) is 88.9 Å². The Hall–Kier alpha value is -9.27. The predicted octanol–water partition coefficient (Wildman–Crippen LogP) is 4.01. The summed E-state index contributed by atoms with van der Waals surface area (Å²) < 4.78 is 16.4. The van der Waals surface area contributed by atoms with Crippen LogP contribution in [0.1, 0.15) is 113 Å². The Bertz CT molecular complexity index is 3280. The van der Waals surface area contributed by atoms with E-state index in [1.54, 1.807) is 12.1 Å². The van der Waals surface area contributed by atoms with Crippen molar-refractivity contribution in [3.05, 3.63) is 125 Å². The summed E-state index contributed by atoms with van der Waals surface area (Å²) in [6, 6.07) is 19.0. The molecule has 5 unspecified atom stereocenters. The molecule has 18 N–H and O–H groups in total. The number of Topliss-reactive ketones (excluding diaryl/α,β-unsaturated/α-hetero) is 1. The van der Waals surface area contributed by atoms with E-state index in [0.717, 1.165) is 11.3 Å². The van der Waals surface area contributed by atoms with Crippen LogP contribution in [0.3, 0.4) is 0 Å². The van der Waals surface area contributed by atoms with Gasteiger partial charge < -0.3 is 85.2 Å². The van der Waals surface area contributed by atoms with Crippen LogP contribution in [-0.2, 0) is 24.0 Å². The van der Waals surface area contributed by atoms with E-state index in [9.17, 15) is 43.5 Å². The van der Waals surface area contributed by atoms with Crippen molar-refractivity contribution in [2.24, 2.45) is 33.7 Å². The molecule has 1 aliphatic heterocycles. The van der Waals surface area contributed by atoms with Crippen molar-refractivity contribution in [1.29, 1.82) is 0 Å². The number of anilines is 4. The number of fused-ring (bicyclic) bond motifs is 1. The van der Waals surface area contributed by atoms with E-state index in [4.69, 9.17) is 42.9 Å². The maximum atomic E-state index is 14.2. The fraction of sp³-hybridized carbons (Fsp3) is 0.350. The second-order valence-corrected chi connectivity index (χ2v) is 20.0. The van der Waals surface area contributed by atoms with Gasteiger partial charge in [0.2, 0.25) is 23.6 Å². The number of amides is 7. The number of methoxy groups -OCH3 is 3. The highest BCUT2D eigenvalue weighted by molar-refractivity contribution is 6.14. The van der Waals surface area contributed by atoms with Crippen LogP contribution in [0.4, 0.5) is 28.4 Å². The summed E-state index contributed by atoms with van der Waals surface area (Å²) in [5, 5.41) is 29.9. The molecular weight excluding hydrogens is 1090 g/mol. The Balaban J connectivity index is 1.14. The van der Waals surface area contributed by atoms with Gasteiger partial charge in [-0.2, -0.15) is 0 Å². The summed E-state index contributed by atoms with van der Waals surface area (Å²) in [6.07, 6.45) is 2.76. The number of ketones is 1. The summed E-state index contributed by atoms with van der Waals surface area (Å²) in [6.45, 7) is 2.15. The molecule has 5 aromatic carbocycles. The molecule has 7 amide bonds. The van der Waals surface area contributed by atoms with E-state index in [-0.39, 0.29) is 89.0 Å². The number of carbonyl (C=O) groups excluding carboxylic acids is 8. The lowest BCUT2D eigenvalue weighted by atomic mass is 9.96. The van der Waals surface area contributed by atoms with Crippen molar-refractivity contribution in [3.63, 3.8) is 0 Å². The average Bonchev–Trinajstić information content (AvgIpc) is 2.80. The van der Waals surface area contributed by atoms with E-state index in [0.29, 0.717) is 62.2 Å². The van der Waals surface area contributed by atoms with Gasteiger partial charge in [0.05, 0.1) is 61.5 Å². The number of carbonyl (C=O) groups is 8. The second kappa shape index (κ2) is 31.4. The van der Waals surface area contributed by atoms with Crippen molar-refractivity contribution in [1.82, 2.24) is 16.0 Å².